The molecule has 4 aliphatic rings. The number of amides is 1. The fraction of sp³-hybridized carbons (Fsp3) is 0.952. The van der Waals surface area contributed by atoms with Gasteiger partial charge in [0, 0.05) is 6.04 Å². The summed E-state index contributed by atoms with van der Waals surface area (Å²) in [5.41, 5.74) is 0.657. The van der Waals surface area contributed by atoms with E-state index in [0.29, 0.717) is 11.3 Å². The van der Waals surface area contributed by atoms with Gasteiger partial charge in [0.05, 0.1) is 13.2 Å². The Kier molecular flexibility index (Phi) is 4.33. The average molecular weight is 350 g/mol. The van der Waals surface area contributed by atoms with Crippen LogP contribution in [0, 0.1) is 34.5 Å². The Labute approximate surface area is 152 Å². The van der Waals surface area contributed by atoms with Gasteiger partial charge in [-0.05, 0) is 92.3 Å². The maximum atomic E-state index is 11.8. The molecule has 0 aliphatic heterocycles. The first-order chi connectivity index (χ1) is 11.9. The highest BCUT2D eigenvalue weighted by atomic mass is 16.5. The Morgan fingerprint density at radius 3 is 2.48 bits per heavy atom. The van der Waals surface area contributed by atoms with Gasteiger partial charge in [0.1, 0.15) is 0 Å². The third kappa shape index (κ3) is 2.62. The van der Waals surface area contributed by atoms with Crippen molar-refractivity contribution in [2.24, 2.45) is 34.5 Å². The highest BCUT2D eigenvalue weighted by molar-refractivity contribution is 5.67. The minimum Gasteiger partial charge on any atom is -0.453 e. The zero-order valence-corrected chi connectivity index (χ0v) is 16.1. The third-order valence-electron chi connectivity index (χ3n) is 9.12. The molecular formula is C21H35NO3. The van der Waals surface area contributed by atoms with Crippen LogP contribution in [0.15, 0.2) is 0 Å². The van der Waals surface area contributed by atoms with E-state index in [1.54, 1.807) is 0 Å². The molecule has 25 heavy (non-hydrogen) atoms. The molecule has 4 aliphatic carbocycles. The number of alkyl carbamates (subject to hydrolysis) is 1. The predicted molar refractivity (Wildman–Crippen MR) is 97.1 cm³/mol. The molecule has 0 saturated heterocycles. The molecule has 3 unspecified atom stereocenters. The average Bonchev–Trinajstić information content (AvgIpc) is 2.92. The van der Waals surface area contributed by atoms with Gasteiger partial charge >= 0.3 is 6.09 Å². The number of ether oxygens (including phenoxy) is 1. The Morgan fingerprint density at radius 2 is 1.72 bits per heavy atom. The van der Waals surface area contributed by atoms with Gasteiger partial charge in [-0.15, -0.1) is 0 Å². The molecule has 4 saturated carbocycles. The molecule has 0 spiro atoms. The molecule has 4 nitrogen and oxygen atoms in total. The minimum absolute atomic E-state index is 0.0661. The molecule has 4 rings (SSSR count). The Bertz CT molecular complexity index is 537. The van der Waals surface area contributed by atoms with Crippen LogP contribution < -0.4 is 5.32 Å². The van der Waals surface area contributed by atoms with E-state index in [-0.39, 0.29) is 23.7 Å². The lowest BCUT2D eigenvalue weighted by Crippen LogP contribution is -2.56. The largest absolute Gasteiger partial charge is 0.453 e. The fourth-order valence-electron chi connectivity index (χ4n) is 7.67. The highest BCUT2D eigenvalue weighted by Crippen LogP contribution is 2.66. The molecule has 0 aromatic heterocycles. The van der Waals surface area contributed by atoms with Gasteiger partial charge in [-0.1, -0.05) is 13.8 Å². The van der Waals surface area contributed by atoms with E-state index in [2.05, 4.69) is 19.2 Å². The number of nitrogens with one attached hydrogen (secondary N) is 1. The fourth-order valence-corrected chi connectivity index (χ4v) is 7.67. The zero-order valence-electron chi connectivity index (χ0n) is 16.1. The van der Waals surface area contributed by atoms with Gasteiger partial charge < -0.3 is 15.2 Å². The summed E-state index contributed by atoms with van der Waals surface area (Å²) in [6, 6.07) is 0.268. The molecule has 0 radical (unpaired) electrons. The molecule has 0 aromatic carbocycles. The van der Waals surface area contributed by atoms with Crippen molar-refractivity contribution in [2.75, 3.05) is 7.11 Å². The van der Waals surface area contributed by atoms with Crippen LogP contribution in [0.4, 0.5) is 4.79 Å². The summed E-state index contributed by atoms with van der Waals surface area (Å²) in [5.74, 6) is 3.07. The van der Waals surface area contributed by atoms with Crippen molar-refractivity contribution in [3.8, 4) is 0 Å². The van der Waals surface area contributed by atoms with E-state index >= 15 is 0 Å². The van der Waals surface area contributed by atoms with Gasteiger partial charge in [0.15, 0.2) is 0 Å². The van der Waals surface area contributed by atoms with Crippen LogP contribution in [0.5, 0.6) is 0 Å². The first-order valence-electron chi connectivity index (χ1n) is 10.4. The van der Waals surface area contributed by atoms with E-state index in [1.165, 1.54) is 45.6 Å². The van der Waals surface area contributed by atoms with Crippen molar-refractivity contribution in [3.63, 3.8) is 0 Å². The first-order valence-corrected chi connectivity index (χ1v) is 10.4. The number of hydrogen-bond acceptors (Lipinski definition) is 3. The monoisotopic (exact) mass is 349 g/mol. The quantitative estimate of drug-likeness (QED) is 0.749. The van der Waals surface area contributed by atoms with E-state index < -0.39 is 0 Å². The molecule has 2 N–H and O–H groups in total. The number of aliphatic hydroxyl groups is 1. The lowest BCUT2D eigenvalue weighted by atomic mass is 9.45. The van der Waals surface area contributed by atoms with Gasteiger partial charge in [-0.25, -0.2) is 4.79 Å². The summed E-state index contributed by atoms with van der Waals surface area (Å²) in [5, 5.41) is 13.3. The molecule has 1 amide bonds. The van der Waals surface area contributed by atoms with Crippen molar-refractivity contribution < 1.29 is 14.6 Å². The van der Waals surface area contributed by atoms with Crippen molar-refractivity contribution >= 4 is 6.09 Å². The van der Waals surface area contributed by atoms with Gasteiger partial charge in [-0.3, -0.25) is 0 Å². The van der Waals surface area contributed by atoms with Crippen LogP contribution in [-0.2, 0) is 4.74 Å². The Morgan fingerprint density at radius 1 is 1.00 bits per heavy atom. The molecule has 142 valence electrons. The van der Waals surface area contributed by atoms with Crippen LogP contribution in [0.3, 0.4) is 0 Å². The lowest BCUT2D eigenvalue weighted by Gasteiger charge is -2.60. The van der Waals surface area contributed by atoms with Crippen LogP contribution in [0.25, 0.3) is 0 Å². The lowest BCUT2D eigenvalue weighted by molar-refractivity contribution is -0.123. The molecule has 4 fully saturated rings. The zero-order chi connectivity index (χ0) is 17.8. The Hall–Kier alpha value is -0.770. The minimum atomic E-state index is -0.272. The number of hydrogen-bond donors (Lipinski definition) is 2. The maximum Gasteiger partial charge on any atom is 0.407 e. The number of aliphatic hydroxyl groups excluding tert-OH is 1. The first kappa shape index (κ1) is 17.6. The number of carbonyl (C=O) groups excluding carboxylic acids is 1. The van der Waals surface area contributed by atoms with Gasteiger partial charge in [0.25, 0.3) is 0 Å². The second kappa shape index (κ2) is 6.14. The third-order valence-corrected chi connectivity index (χ3v) is 9.12. The molecular weight excluding hydrogens is 314 g/mol. The van der Waals surface area contributed by atoms with E-state index in [9.17, 15) is 9.90 Å². The van der Waals surface area contributed by atoms with E-state index in [0.717, 1.165) is 37.0 Å². The SMILES string of the molecule is COC(=O)N[C@H]1CCC2C3CC[C@H]4C[C@@H](O)CC[C@]4(C)C3CC[C@@]21C. The van der Waals surface area contributed by atoms with Crippen molar-refractivity contribution in [2.45, 2.75) is 83.8 Å². The summed E-state index contributed by atoms with van der Waals surface area (Å²) in [6.07, 6.45) is 10.3. The smallest absolute Gasteiger partial charge is 0.407 e. The second-order valence-electron chi connectivity index (χ2n) is 9.90. The standard InChI is InChI=1S/C21H35NO3/c1-20-10-8-14(23)12-13(20)4-5-15-16-6-7-18(22-19(24)25-3)21(16,2)11-9-17(15)20/h13-18,23H,4-12H2,1-3H3,(H,22,24)/t13-,14-,15?,16?,17?,18-,20-,21-/m0/s1. The van der Waals surface area contributed by atoms with Gasteiger partial charge in [0.2, 0.25) is 0 Å². The summed E-state index contributed by atoms with van der Waals surface area (Å²) in [7, 11) is 1.46. The van der Waals surface area contributed by atoms with Crippen molar-refractivity contribution in [1.29, 1.82) is 0 Å². The van der Waals surface area contributed by atoms with Crippen LogP contribution >= 0.6 is 0 Å². The predicted octanol–water partition coefficient (Wildman–Crippen LogP) is 4.11. The summed E-state index contributed by atoms with van der Waals surface area (Å²) >= 11 is 0. The summed E-state index contributed by atoms with van der Waals surface area (Å²) in [4.78, 5) is 11.8. The second-order valence-corrected chi connectivity index (χ2v) is 9.90. The van der Waals surface area contributed by atoms with Crippen molar-refractivity contribution in [3.05, 3.63) is 0 Å². The van der Waals surface area contributed by atoms with E-state index in [4.69, 9.17) is 4.74 Å². The number of methoxy groups -OCH3 is 1. The number of rotatable bonds is 1. The van der Waals surface area contributed by atoms with Crippen LogP contribution in [0.2, 0.25) is 0 Å². The number of fused-ring (bicyclic) bond motifs is 5. The molecule has 0 bridgehead atoms. The normalized spacial score (nSPS) is 51.8. The topological polar surface area (TPSA) is 58.6 Å². The summed E-state index contributed by atoms with van der Waals surface area (Å²) in [6.45, 7) is 4.95. The van der Waals surface area contributed by atoms with E-state index in [1.807, 2.05) is 0 Å². The van der Waals surface area contributed by atoms with Crippen LogP contribution in [0.1, 0.15) is 71.6 Å². The number of carbonyl (C=O) groups is 1. The van der Waals surface area contributed by atoms with Crippen LogP contribution in [-0.4, -0.2) is 30.5 Å². The molecule has 4 heteroatoms. The molecule has 0 heterocycles. The molecule has 0 aromatic rings. The summed E-state index contributed by atoms with van der Waals surface area (Å²) < 4.78 is 4.87. The highest BCUT2D eigenvalue weighted by Gasteiger charge is 2.60. The molecule has 8 atom stereocenters. The maximum absolute atomic E-state index is 11.8. The van der Waals surface area contributed by atoms with Crippen molar-refractivity contribution in [1.82, 2.24) is 5.32 Å². The van der Waals surface area contributed by atoms with Gasteiger partial charge in [-0.2, -0.15) is 0 Å². The Balaban J connectivity index is 1.55.